The van der Waals surface area contributed by atoms with E-state index in [4.69, 9.17) is 9.72 Å². The van der Waals surface area contributed by atoms with Crippen LogP contribution in [-0.4, -0.2) is 28.6 Å². The second-order valence-electron chi connectivity index (χ2n) is 10.7. The highest BCUT2D eigenvalue weighted by molar-refractivity contribution is 5.78. The van der Waals surface area contributed by atoms with Gasteiger partial charge in [-0.25, -0.2) is 4.98 Å². The molecule has 0 radical (unpaired) electrons. The first-order valence-electron chi connectivity index (χ1n) is 14.5. The van der Waals surface area contributed by atoms with Crippen LogP contribution in [0.15, 0.2) is 72.8 Å². The second kappa shape index (κ2) is 14.5. The number of hydrogen-bond donors (Lipinski definition) is 1. The zero-order chi connectivity index (χ0) is 27.5. The van der Waals surface area contributed by atoms with Gasteiger partial charge in [0.05, 0.1) is 24.1 Å². The Kier molecular flexibility index (Phi) is 10.6. The van der Waals surface area contributed by atoms with Gasteiger partial charge in [0, 0.05) is 19.5 Å². The SMILES string of the molecule is Cc1ccc(C(C)C)c(OCCCCn2c(CCCCCNC(=O)Cc3ccccc3)nc3ccccc32)c1. The lowest BCUT2D eigenvalue weighted by Crippen LogP contribution is -2.26. The van der Waals surface area contributed by atoms with Crippen molar-refractivity contribution >= 4 is 16.9 Å². The van der Waals surface area contributed by atoms with Gasteiger partial charge in [-0.05, 0) is 73.4 Å². The molecule has 5 heteroatoms. The molecule has 0 aliphatic heterocycles. The Morgan fingerprint density at radius 1 is 0.923 bits per heavy atom. The number of amides is 1. The van der Waals surface area contributed by atoms with Crippen molar-refractivity contribution in [2.24, 2.45) is 0 Å². The van der Waals surface area contributed by atoms with Gasteiger partial charge in [0.2, 0.25) is 5.91 Å². The van der Waals surface area contributed by atoms with Crippen molar-refractivity contribution in [2.75, 3.05) is 13.2 Å². The molecule has 1 heterocycles. The van der Waals surface area contributed by atoms with Crippen LogP contribution in [0.5, 0.6) is 5.75 Å². The van der Waals surface area contributed by atoms with Crippen LogP contribution in [-0.2, 0) is 24.2 Å². The molecule has 0 bridgehead atoms. The Morgan fingerprint density at radius 2 is 1.72 bits per heavy atom. The molecule has 0 saturated carbocycles. The fourth-order valence-electron chi connectivity index (χ4n) is 5.02. The van der Waals surface area contributed by atoms with Gasteiger partial charge in [-0.2, -0.15) is 0 Å². The maximum Gasteiger partial charge on any atom is 0.224 e. The van der Waals surface area contributed by atoms with Gasteiger partial charge >= 0.3 is 0 Å². The van der Waals surface area contributed by atoms with Crippen LogP contribution in [0.25, 0.3) is 11.0 Å². The minimum Gasteiger partial charge on any atom is -0.493 e. The van der Waals surface area contributed by atoms with Gasteiger partial charge < -0.3 is 14.6 Å². The summed E-state index contributed by atoms with van der Waals surface area (Å²) in [6.45, 7) is 8.93. The molecule has 4 aromatic rings. The number of imidazole rings is 1. The number of carbonyl (C=O) groups is 1. The van der Waals surface area contributed by atoms with Crippen LogP contribution in [0.3, 0.4) is 0 Å². The van der Waals surface area contributed by atoms with E-state index in [9.17, 15) is 4.79 Å². The van der Waals surface area contributed by atoms with Gasteiger partial charge in [-0.3, -0.25) is 4.79 Å². The molecule has 5 nitrogen and oxygen atoms in total. The van der Waals surface area contributed by atoms with E-state index in [1.165, 1.54) is 16.6 Å². The number of benzene rings is 3. The van der Waals surface area contributed by atoms with E-state index in [1.807, 2.05) is 30.3 Å². The van der Waals surface area contributed by atoms with Crippen LogP contribution in [0.1, 0.15) is 74.4 Å². The number of hydrogen-bond acceptors (Lipinski definition) is 3. The molecule has 0 fully saturated rings. The molecule has 206 valence electrons. The third-order valence-corrected chi connectivity index (χ3v) is 7.17. The maximum atomic E-state index is 12.2. The van der Waals surface area contributed by atoms with E-state index in [1.54, 1.807) is 0 Å². The molecule has 39 heavy (non-hydrogen) atoms. The normalized spacial score (nSPS) is 11.3. The number of ether oxygens (including phenoxy) is 1. The van der Waals surface area contributed by atoms with E-state index in [0.29, 0.717) is 12.3 Å². The third kappa shape index (κ3) is 8.44. The predicted molar refractivity (Wildman–Crippen MR) is 160 cm³/mol. The monoisotopic (exact) mass is 525 g/mol. The Bertz CT molecular complexity index is 1330. The molecule has 1 N–H and O–H groups in total. The minimum atomic E-state index is 0.0924. The van der Waals surface area contributed by atoms with Gasteiger partial charge in [-0.1, -0.05) is 74.9 Å². The number of nitrogens with zero attached hydrogens (tertiary/aromatic N) is 2. The average molecular weight is 526 g/mol. The summed E-state index contributed by atoms with van der Waals surface area (Å²) in [7, 11) is 0. The number of nitrogens with one attached hydrogen (secondary N) is 1. The van der Waals surface area contributed by atoms with Gasteiger partial charge in [0.25, 0.3) is 0 Å². The van der Waals surface area contributed by atoms with Crippen molar-refractivity contribution in [3.05, 3.63) is 95.3 Å². The maximum absolute atomic E-state index is 12.2. The average Bonchev–Trinajstić information content (AvgIpc) is 3.28. The lowest BCUT2D eigenvalue weighted by atomic mass is 10.0. The predicted octanol–water partition coefficient (Wildman–Crippen LogP) is 7.40. The van der Waals surface area contributed by atoms with Crippen molar-refractivity contribution in [3.63, 3.8) is 0 Å². The molecule has 0 unspecified atom stereocenters. The smallest absolute Gasteiger partial charge is 0.224 e. The number of fused-ring (bicyclic) bond motifs is 1. The summed E-state index contributed by atoms with van der Waals surface area (Å²) in [5.41, 5.74) is 5.84. The summed E-state index contributed by atoms with van der Waals surface area (Å²) in [5.74, 6) is 2.72. The topological polar surface area (TPSA) is 56.1 Å². The molecule has 0 spiro atoms. The fourth-order valence-corrected chi connectivity index (χ4v) is 5.02. The zero-order valence-corrected chi connectivity index (χ0v) is 23.8. The van der Waals surface area contributed by atoms with Crippen molar-refractivity contribution in [2.45, 2.75) is 78.2 Å². The molecule has 3 aromatic carbocycles. The van der Waals surface area contributed by atoms with Gasteiger partial charge in [-0.15, -0.1) is 0 Å². The summed E-state index contributed by atoms with van der Waals surface area (Å²) < 4.78 is 8.61. The number of rotatable bonds is 15. The van der Waals surface area contributed by atoms with Crippen LogP contribution in [0, 0.1) is 6.92 Å². The number of carbonyl (C=O) groups excluding carboxylic acids is 1. The van der Waals surface area contributed by atoms with Crippen molar-refractivity contribution < 1.29 is 9.53 Å². The van der Waals surface area contributed by atoms with Crippen LogP contribution >= 0.6 is 0 Å². The Labute approximate surface area is 233 Å². The first kappa shape index (κ1) is 28.4. The largest absolute Gasteiger partial charge is 0.493 e. The number of unbranched alkanes of at least 4 members (excludes halogenated alkanes) is 3. The number of aryl methyl sites for hydroxylation is 3. The fraction of sp³-hybridized carbons (Fsp3) is 0.412. The summed E-state index contributed by atoms with van der Waals surface area (Å²) in [5, 5.41) is 3.06. The van der Waals surface area contributed by atoms with E-state index in [0.717, 1.165) is 80.9 Å². The van der Waals surface area contributed by atoms with E-state index < -0.39 is 0 Å². The molecule has 0 aliphatic rings. The molecule has 0 atom stereocenters. The molecule has 0 saturated heterocycles. The second-order valence-corrected chi connectivity index (χ2v) is 10.7. The van der Waals surface area contributed by atoms with Crippen molar-refractivity contribution in [3.8, 4) is 5.75 Å². The van der Waals surface area contributed by atoms with Gasteiger partial charge in [0.15, 0.2) is 0 Å². The lowest BCUT2D eigenvalue weighted by molar-refractivity contribution is -0.120. The van der Waals surface area contributed by atoms with Gasteiger partial charge in [0.1, 0.15) is 11.6 Å². The highest BCUT2D eigenvalue weighted by atomic mass is 16.5. The Balaban J connectivity index is 1.22. The molecule has 0 aliphatic carbocycles. The minimum absolute atomic E-state index is 0.0924. The first-order valence-corrected chi connectivity index (χ1v) is 14.5. The van der Waals surface area contributed by atoms with Crippen molar-refractivity contribution in [1.29, 1.82) is 0 Å². The number of para-hydroxylation sites is 2. The highest BCUT2D eigenvalue weighted by Crippen LogP contribution is 2.27. The van der Waals surface area contributed by atoms with E-state index >= 15 is 0 Å². The zero-order valence-electron chi connectivity index (χ0n) is 23.8. The van der Waals surface area contributed by atoms with Crippen molar-refractivity contribution in [1.82, 2.24) is 14.9 Å². The van der Waals surface area contributed by atoms with E-state index in [-0.39, 0.29) is 5.91 Å². The van der Waals surface area contributed by atoms with Crippen LogP contribution in [0.4, 0.5) is 0 Å². The highest BCUT2D eigenvalue weighted by Gasteiger charge is 2.11. The molecule has 1 aromatic heterocycles. The summed E-state index contributed by atoms with van der Waals surface area (Å²) in [6.07, 6.45) is 6.55. The molecular weight excluding hydrogens is 482 g/mol. The van der Waals surface area contributed by atoms with Crippen LogP contribution in [0.2, 0.25) is 0 Å². The first-order chi connectivity index (χ1) is 19.0. The molecule has 4 rings (SSSR count). The summed E-state index contributed by atoms with van der Waals surface area (Å²) >= 11 is 0. The molecule has 1 amide bonds. The summed E-state index contributed by atoms with van der Waals surface area (Å²) in [4.78, 5) is 17.1. The lowest BCUT2D eigenvalue weighted by Gasteiger charge is -2.15. The standard InChI is InChI=1S/C34H43N3O2/c1-26(2)29-20-19-27(3)24-32(29)39-23-13-12-22-37-31-17-10-9-16-30(31)36-33(37)18-8-5-11-21-35-34(38)25-28-14-6-4-7-15-28/h4,6-7,9-10,14-17,19-20,24,26H,5,8,11-13,18,21-23,25H2,1-3H3,(H,35,38). The van der Waals surface area contributed by atoms with Crippen LogP contribution < -0.4 is 10.1 Å². The Hall–Kier alpha value is -3.60. The third-order valence-electron chi connectivity index (χ3n) is 7.17. The Morgan fingerprint density at radius 3 is 2.54 bits per heavy atom. The summed E-state index contributed by atoms with van der Waals surface area (Å²) in [6, 6.07) is 24.8. The quantitative estimate of drug-likeness (QED) is 0.165. The molecular formula is C34H43N3O2. The van der Waals surface area contributed by atoms with E-state index in [2.05, 4.69) is 73.1 Å². The number of aromatic nitrogens is 2.